The second-order valence-electron chi connectivity index (χ2n) is 13.6. The topological polar surface area (TPSA) is 6.48 Å². The maximum absolute atomic E-state index is 2.38. The van der Waals surface area contributed by atoms with E-state index in [0.717, 1.165) is 40.5 Å². The maximum atomic E-state index is 2.38. The molecule has 248 valence electrons. The van der Waals surface area contributed by atoms with Crippen LogP contribution < -0.4 is 9.80 Å². The summed E-state index contributed by atoms with van der Waals surface area (Å²) >= 11 is 0. The van der Waals surface area contributed by atoms with Gasteiger partial charge in [-0.1, -0.05) is 110 Å². The SMILES string of the molecule is CCC(C=C(C)C)c1ccc(N(c2ccc(N(c3ccccc3)c3ccc4cc5ccccc5cc4c3)cc2)c2ccc3ccccc3c2)cc1. The fourth-order valence-corrected chi connectivity index (χ4v) is 7.33. The number of rotatable bonds is 9. The Morgan fingerprint density at radius 2 is 0.804 bits per heavy atom. The standard InChI is InChI=1S/C49H42N2/c1-4-36(30-35(2)3)38-18-22-45(23-19-38)51(48-24-20-37-12-8-9-15-41(37)33-48)47-28-26-46(27-29-47)50(44-16-6-5-7-17-44)49-25-21-42-31-39-13-10-11-14-40(39)32-43(42)34-49/h5-34,36H,4H2,1-3H3. The van der Waals surface area contributed by atoms with Crippen molar-refractivity contribution in [1.29, 1.82) is 0 Å². The highest BCUT2D eigenvalue weighted by atomic mass is 15.2. The van der Waals surface area contributed by atoms with E-state index in [-0.39, 0.29) is 0 Å². The first-order valence-electron chi connectivity index (χ1n) is 18.0. The van der Waals surface area contributed by atoms with Gasteiger partial charge in [0, 0.05) is 40.0 Å². The van der Waals surface area contributed by atoms with Gasteiger partial charge in [0.1, 0.15) is 0 Å². The molecule has 0 aliphatic heterocycles. The van der Waals surface area contributed by atoms with Crippen molar-refractivity contribution in [2.24, 2.45) is 0 Å². The minimum atomic E-state index is 0.412. The number of allylic oxidation sites excluding steroid dienone is 2. The van der Waals surface area contributed by atoms with Gasteiger partial charge in [-0.25, -0.2) is 0 Å². The maximum Gasteiger partial charge on any atom is 0.0468 e. The van der Waals surface area contributed by atoms with Crippen LogP contribution in [-0.4, -0.2) is 0 Å². The Balaban J connectivity index is 1.21. The van der Waals surface area contributed by atoms with E-state index in [1.807, 2.05) is 0 Å². The zero-order chi connectivity index (χ0) is 34.7. The van der Waals surface area contributed by atoms with E-state index >= 15 is 0 Å². The van der Waals surface area contributed by atoms with E-state index in [1.54, 1.807) is 0 Å². The van der Waals surface area contributed by atoms with E-state index in [4.69, 9.17) is 0 Å². The summed E-state index contributed by atoms with van der Waals surface area (Å²) in [5, 5.41) is 7.44. The number of anilines is 6. The van der Waals surface area contributed by atoms with Crippen molar-refractivity contribution in [3.63, 3.8) is 0 Å². The quantitative estimate of drug-likeness (QED) is 0.112. The summed E-state index contributed by atoms with van der Waals surface area (Å²) in [6.45, 7) is 6.63. The van der Waals surface area contributed by atoms with Crippen molar-refractivity contribution in [3.8, 4) is 0 Å². The van der Waals surface area contributed by atoms with Gasteiger partial charge in [0.15, 0.2) is 0 Å². The average molecular weight is 659 g/mol. The Morgan fingerprint density at radius 3 is 1.35 bits per heavy atom. The normalized spacial score (nSPS) is 11.8. The monoisotopic (exact) mass is 658 g/mol. The van der Waals surface area contributed by atoms with Gasteiger partial charge in [0.2, 0.25) is 0 Å². The highest BCUT2D eigenvalue weighted by Gasteiger charge is 2.17. The predicted octanol–water partition coefficient (Wildman–Crippen LogP) is 14.5. The second kappa shape index (κ2) is 14.0. The first kappa shape index (κ1) is 32.1. The van der Waals surface area contributed by atoms with Gasteiger partial charge in [0.25, 0.3) is 0 Å². The van der Waals surface area contributed by atoms with Crippen molar-refractivity contribution in [1.82, 2.24) is 0 Å². The Hall–Kier alpha value is -6.12. The molecule has 0 saturated carbocycles. The highest BCUT2D eigenvalue weighted by Crippen LogP contribution is 2.41. The van der Waals surface area contributed by atoms with Crippen LogP contribution in [0.5, 0.6) is 0 Å². The predicted molar refractivity (Wildman–Crippen MR) is 221 cm³/mol. The third kappa shape index (κ3) is 6.61. The number of benzene rings is 8. The summed E-state index contributed by atoms with van der Waals surface area (Å²) in [5.74, 6) is 0.412. The fourth-order valence-electron chi connectivity index (χ4n) is 7.33. The average Bonchev–Trinajstić information content (AvgIpc) is 3.17. The van der Waals surface area contributed by atoms with Gasteiger partial charge >= 0.3 is 0 Å². The van der Waals surface area contributed by atoms with Crippen molar-refractivity contribution >= 4 is 66.4 Å². The molecule has 0 radical (unpaired) electrons. The van der Waals surface area contributed by atoms with Gasteiger partial charge in [0.05, 0.1) is 0 Å². The molecular formula is C49H42N2. The molecule has 1 unspecified atom stereocenters. The zero-order valence-corrected chi connectivity index (χ0v) is 29.5. The molecule has 8 aromatic rings. The molecule has 51 heavy (non-hydrogen) atoms. The third-order valence-electron chi connectivity index (χ3n) is 9.87. The molecule has 0 N–H and O–H groups in total. The number of para-hydroxylation sites is 1. The van der Waals surface area contributed by atoms with Crippen LogP contribution in [-0.2, 0) is 0 Å². The molecule has 0 amide bonds. The van der Waals surface area contributed by atoms with Gasteiger partial charge in [-0.05, 0) is 143 Å². The minimum Gasteiger partial charge on any atom is -0.310 e. The molecule has 2 heteroatoms. The van der Waals surface area contributed by atoms with E-state index in [0.29, 0.717) is 5.92 Å². The van der Waals surface area contributed by atoms with Crippen molar-refractivity contribution in [2.75, 3.05) is 9.80 Å². The second-order valence-corrected chi connectivity index (χ2v) is 13.6. The van der Waals surface area contributed by atoms with E-state index in [2.05, 4.69) is 213 Å². The molecular weight excluding hydrogens is 617 g/mol. The van der Waals surface area contributed by atoms with Crippen molar-refractivity contribution < 1.29 is 0 Å². The largest absolute Gasteiger partial charge is 0.310 e. The first-order valence-corrected chi connectivity index (χ1v) is 18.0. The highest BCUT2D eigenvalue weighted by molar-refractivity contribution is 6.00. The Morgan fingerprint density at radius 1 is 0.412 bits per heavy atom. The number of fused-ring (bicyclic) bond motifs is 3. The van der Waals surface area contributed by atoms with Gasteiger partial charge in [-0.15, -0.1) is 0 Å². The smallest absolute Gasteiger partial charge is 0.0468 e. The lowest BCUT2D eigenvalue weighted by atomic mass is 9.94. The molecule has 8 aromatic carbocycles. The molecule has 0 heterocycles. The number of hydrogen-bond acceptors (Lipinski definition) is 2. The first-order chi connectivity index (χ1) is 25.0. The molecule has 0 aliphatic rings. The zero-order valence-electron chi connectivity index (χ0n) is 29.5. The van der Waals surface area contributed by atoms with Crippen LogP contribution in [0.25, 0.3) is 32.3 Å². The molecule has 0 aliphatic carbocycles. The number of nitrogens with zero attached hydrogens (tertiary/aromatic N) is 2. The minimum absolute atomic E-state index is 0.412. The van der Waals surface area contributed by atoms with Gasteiger partial charge in [-0.3, -0.25) is 0 Å². The van der Waals surface area contributed by atoms with Crippen molar-refractivity contribution in [2.45, 2.75) is 33.1 Å². The molecule has 0 aromatic heterocycles. The molecule has 2 nitrogen and oxygen atoms in total. The summed E-state index contributed by atoms with van der Waals surface area (Å²) in [4.78, 5) is 4.72. The van der Waals surface area contributed by atoms with E-state index < -0.39 is 0 Å². The summed E-state index contributed by atoms with van der Waals surface area (Å²) in [5.41, 5.74) is 9.42. The van der Waals surface area contributed by atoms with Crippen molar-refractivity contribution in [3.05, 3.63) is 193 Å². The third-order valence-corrected chi connectivity index (χ3v) is 9.87. The summed E-state index contributed by atoms with van der Waals surface area (Å²) in [7, 11) is 0. The van der Waals surface area contributed by atoms with E-state index in [1.165, 1.54) is 43.5 Å². The lowest BCUT2D eigenvalue weighted by Gasteiger charge is -2.29. The molecule has 1 atom stereocenters. The lowest BCUT2D eigenvalue weighted by molar-refractivity contribution is 0.798. The Kier molecular flexibility index (Phi) is 8.82. The van der Waals surface area contributed by atoms with Gasteiger partial charge in [-0.2, -0.15) is 0 Å². The van der Waals surface area contributed by atoms with Crippen LogP contribution in [0.4, 0.5) is 34.1 Å². The molecule has 8 rings (SSSR count). The van der Waals surface area contributed by atoms with Crippen LogP contribution >= 0.6 is 0 Å². The molecule has 0 saturated heterocycles. The summed E-state index contributed by atoms with van der Waals surface area (Å²) in [6.07, 6.45) is 3.46. The van der Waals surface area contributed by atoms with Crippen LogP contribution in [0.1, 0.15) is 38.7 Å². The Labute approximate surface area is 301 Å². The van der Waals surface area contributed by atoms with Crippen LogP contribution in [0.15, 0.2) is 188 Å². The van der Waals surface area contributed by atoms with Crippen LogP contribution in [0, 0.1) is 0 Å². The molecule has 0 bridgehead atoms. The lowest BCUT2D eigenvalue weighted by Crippen LogP contribution is -2.12. The number of hydrogen-bond donors (Lipinski definition) is 0. The van der Waals surface area contributed by atoms with Crippen LogP contribution in [0.3, 0.4) is 0 Å². The molecule has 0 fully saturated rings. The van der Waals surface area contributed by atoms with Crippen LogP contribution in [0.2, 0.25) is 0 Å². The summed E-state index contributed by atoms with van der Waals surface area (Å²) < 4.78 is 0. The summed E-state index contributed by atoms with van der Waals surface area (Å²) in [6, 6.07) is 64.1. The molecule has 0 spiro atoms. The van der Waals surface area contributed by atoms with Gasteiger partial charge < -0.3 is 9.80 Å². The van der Waals surface area contributed by atoms with E-state index in [9.17, 15) is 0 Å². The Bertz CT molecular complexity index is 2470. The fraction of sp³-hybridized carbons (Fsp3) is 0.102.